The maximum absolute atomic E-state index is 12.1. The first-order valence-corrected chi connectivity index (χ1v) is 8.53. The highest BCUT2D eigenvalue weighted by Crippen LogP contribution is 2.16. The molecule has 1 heterocycles. The molecule has 7 nitrogen and oxygen atoms in total. The van der Waals surface area contributed by atoms with Crippen LogP contribution in [0.4, 0.5) is 5.69 Å². The SMILES string of the molecule is COC(=O)COc1ccc(NC(=O)C=Cc2cnn(-c3ccccc3)c2)cc1. The van der Waals surface area contributed by atoms with Gasteiger partial charge < -0.3 is 14.8 Å². The van der Waals surface area contributed by atoms with Gasteiger partial charge in [-0.2, -0.15) is 5.10 Å². The minimum atomic E-state index is -0.460. The number of carbonyl (C=O) groups is 2. The van der Waals surface area contributed by atoms with Crippen LogP contribution in [0.5, 0.6) is 5.75 Å². The van der Waals surface area contributed by atoms with E-state index < -0.39 is 5.97 Å². The zero-order chi connectivity index (χ0) is 19.8. The highest BCUT2D eigenvalue weighted by Gasteiger charge is 2.03. The Morgan fingerprint density at radius 2 is 1.86 bits per heavy atom. The molecule has 0 saturated heterocycles. The van der Waals surface area contributed by atoms with Gasteiger partial charge in [0.25, 0.3) is 0 Å². The molecular formula is C21H19N3O4. The van der Waals surface area contributed by atoms with Crippen LogP contribution in [0.3, 0.4) is 0 Å². The molecule has 0 saturated carbocycles. The normalized spacial score (nSPS) is 10.6. The number of nitrogens with zero attached hydrogens (tertiary/aromatic N) is 2. The minimum Gasteiger partial charge on any atom is -0.482 e. The monoisotopic (exact) mass is 377 g/mol. The van der Waals surface area contributed by atoms with E-state index in [1.807, 2.05) is 36.5 Å². The Labute approximate surface area is 162 Å². The number of anilines is 1. The Hall–Kier alpha value is -3.87. The standard InChI is InChI=1S/C21H19N3O4/c1-27-21(26)15-28-19-10-8-17(9-11-19)23-20(25)12-7-16-13-22-24(14-16)18-5-3-2-4-6-18/h2-14H,15H2,1H3,(H,23,25). The Morgan fingerprint density at radius 3 is 2.57 bits per heavy atom. The zero-order valence-corrected chi connectivity index (χ0v) is 15.2. The molecule has 0 aliphatic carbocycles. The predicted octanol–water partition coefficient (Wildman–Crippen LogP) is 3.08. The molecule has 0 fully saturated rings. The van der Waals surface area contributed by atoms with E-state index in [2.05, 4.69) is 15.2 Å². The molecule has 1 aromatic heterocycles. The minimum absolute atomic E-state index is 0.165. The molecule has 0 bridgehead atoms. The summed E-state index contributed by atoms with van der Waals surface area (Å²) < 4.78 is 11.5. The maximum atomic E-state index is 12.1. The fraction of sp³-hybridized carbons (Fsp3) is 0.0952. The van der Waals surface area contributed by atoms with Gasteiger partial charge in [-0.1, -0.05) is 18.2 Å². The van der Waals surface area contributed by atoms with Crippen LogP contribution in [0.1, 0.15) is 5.56 Å². The van der Waals surface area contributed by atoms with Crippen molar-refractivity contribution >= 4 is 23.6 Å². The van der Waals surface area contributed by atoms with Crippen molar-refractivity contribution in [3.63, 3.8) is 0 Å². The molecule has 1 N–H and O–H groups in total. The summed E-state index contributed by atoms with van der Waals surface area (Å²) in [5.74, 6) is -0.221. The summed E-state index contributed by atoms with van der Waals surface area (Å²) >= 11 is 0. The van der Waals surface area contributed by atoms with Gasteiger partial charge in [0.15, 0.2) is 6.61 Å². The molecule has 3 rings (SSSR count). The van der Waals surface area contributed by atoms with E-state index in [-0.39, 0.29) is 12.5 Å². The molecule has 28 heavy (non-hydrogen) atoms. The molecule has 7 heteroatoms. The number of nitrogens with one attached hydrogen (secondary N) is 1. The fourth-order valence-electron chi connectivity index (χ4n) is 2.34. The third kappa shape index (κ3) is 5.31. The van der Waals surface area contributed by atoms with Crippen LogP contribution in [-0.4, -0.2) is 35.4 Å². The summed E-state index contributed by atoms with van der Waals surface area (Å²) in [5.41, 5.74) is 2.37. The van der Waals surface area contributed by atoms with Crippen molar-refractivity contribution in [3.8, 4) is 11.4 Å². The highest BCUT2D eigenvalue weighted by atomic mass is 16.6. The summed E-state index contributed by atoms with van der Waals surface area (Å²) in [7, 11) is 1.30. The molecule has 142 valence electrons. The van der Waals surface area contributed by atoms with Crippen molar-refractivity contribution in [1.82, 2.24) is 9.78 Å². The van der Waals surface area contributed by atoms with Crippen LogP contribution < -0.4 is 10.1 Å². The quantitative estimate of drug-likeness (QED) is 0.505. The third-order valence-corrected chi connectivity index (χ3v) is 3.76. The van der Waals surface area contributed by atoms with Gasteiger partial charge in [-0.15, -0.1) is 0 Å². The van der Waals surface area contributed by atoms with Gasteiger partial charge in [-0.05, 0) is 42.5 Å². The lowest BCUT2D eigenvalue weighted by atomic mass is 10.3. The number of esters is 1. The van der Waals surface area contributed by atoms with E-state index in [4.69, 9.17) is 4.74 Å². The van der Waals surface area contributed by atoms with Gasteiger partial charge in [0.05, 0.1) is 19.0 Å². The van der Waals surface area contributed by atoms with Crippen LogP contribution in [0.15, 0.2) is 73.1 Å². The maximum Gasteiger partial charge on any atom is 0.343 e. The number of amides is 1. The first kappa shape index (κ1) is 18.9. The molecule has 3 aromatic rings. The second-order valence-corrected chi connectivity index (χ2v) is 5.77. The number of hydrogen-bond donors (Lipinski definition) is 1. The zero-order valence-electron chi connectivity index (χ0n) is 15.2. The second kappa shape index (κ2) is 9.18. The highest BCUT2D eigenvalue weighted by molar-refractivity contribution is 6.01. The number of benzene rings is 2. The Balaban J connectivity index is 1.54. The molecule has 0 spiro atoms. The first-order chi connectivity index (χ1) is 13.6. The van der Waals surface area contributed by atoms with Gasteiger partial charge in [-0.25, -0.2) is 9.48 Å². The van der Waals surface area contributed by atoms with Crippen LogP contribution in [0, 0.1) is 0 Å². The number of hydrogen-bond acceptors (Lipinski definition) is 5. The van der Waals surface area contributed by atoms with Crippen molar-refractivity contribution in [3.05, 3.63) is 78.6 Å². The van der Waals surface area contributed by atoms with Crippen molar-refractivity contribution in [1.29, 1.82) is 0 Å². The van der Waals surface area contributed by atoms with Crippen molar-refractivity contribution in [2.45, 2.75) is 0 Å². The van der Waals surface area contributed by atoms with E-state index in [1.54, 1.807) is 41.2 Å². The third-order valence-electron chi connectivity index (χ3n) is 3.76. The summed E-state index contributed by atoms with van der Waals surface area (Å²) in [6.07, 6.45) is 6.65. The molecule has 0 unspecified atom stereocenters. The van der Waals surface area contributed by atoms with Gasteiger partial charge >= 0.3 is 5.97 Å². The predicted molar refractivity (Wildman–Crippen MR) is 105 cm³/mol. The number of ether oxygens (including phenoxy) is 2. The molecule has 1 amide bonds. The fourth-order valence-corrected chi connectivity index (χ4v) is 2.34. The van der Waals surface area contributed by atoms with Crippen LogP contribution in [0.25, 0.3) is 11.8 Å². The first-order valence-electron chi connectivity index (χ1n) is 8.53. The Morgan fingerprint density at radius 1 is 1.11 bits per heavy atom. The largest absolute Gasteiger partial charge is 0.482 e. The Kier molecular flexibility index (Phi) is 6.20. The van der Waals surface area contributed by atoms with Crippen LogP contribution in [-0.2, 0) is 14.3 Å². The van der Waals surface area contributed by atoms with Gasteiger partial charge in [0.1, 0.15) is 5.75 Å². The number of aromatic nitrogens is 2. The van der Waals surface area contributed by atoms with Crippen LogP contribution in [0.2, 0.25) is 0 Å². The summed E-state index contributed by atoms with van der Waals surface area (Å²) in [4.78, 5) is 23.1. The molecule has 0 radical (unpaired) electrons. The van der Waals surface area contributed by atoms with E-state index in [0.29, 0.717) is 11.4 Å². The van der Waals surface area contributed by atoms with Crippen molar-refractivity contribution in [2.24, 2.45) is 0 Å². The molecule has 0 aliphatic rings. The summed E-state index contributed by atoms with van der Waals surface area (Å²) in [5, 5.41) is 7.03. The van der Waals surface area contributed by atoms with Crippen molar-refractivity contribution in [2.75, 3.05) is 19.0 Å². The summed E-state index contributed by atoms with van der Waals surface area (Å²) in [6.45, 7) is -0.165. The van der Waals surface area contributed by atoms with E-state index in [1.165, 1.54) is 13.2 Å². The lowest BCUT2D eigenvalue weighted by Gasteiger charge is -2.06. The van der Waals surface area contributed by atoms with E-state index in [0.717, 1.165) is 11.3 Å². The number of para-hydroxylation sites is 1. The molecule has 2 aromatic carbocycles. The average molecular weight is 377 g/mol. The summed E-state index contributed by atoms with van der Waals surface area (Å²) in [6, 6.07) is 16.4. The van der Waals surface area contributed by atoms with Gasteiger partial charge in [-0.3, -0.25) is 4.79 Å². The lowest BCUT2D eigenvalue weighted by molar-refractivity contribution is -0.142. The number of methoxy groups -OCH3 is 1. The molecular weight excluding hydrogens is 358 g/mol. The van der Waals surface area contributed by atoms with E-state index >= 15 is 0 Å². The van der Waals surface area contributed by atoms with Gasteiger partial charge in [0.2, 0.25) is 5.91 Å². The van der Waals surface area contributed by atoms with Crippen LogP contribution >= 0.6 is 0 Å². The van der Waals surface area contributed by atoms with E-state index in [9.17, 15) is 9.59 Å². The Bertz CT molecular complexity index is 963. The average Bonchev–Trinajstić information content (AvgIpc) is 3.21. The number of carbonyl (C=O) groups excluding carboxylic acids is 2. The molecule has 0 aliphatic heterocycles. The van der Waals surface area contributed by atoms with Crippen molar-refractivity contribution < 1.29 is 19.1 Å². The topological polar surface area (TPSA) is 82.4 Å². The lowest BCUT2D eigenvalue weighted by Crippen LogP contribution is -2.12. The second-order valence-electron chi connectivity index (χ2n) is 5.77. The molecule has 0 atom stereocenters. The smallest absolute Gasteiger partial charge is 0.343 e. The van der Waals surface area contributed by atoms with Gasteiger partial charge in [0, 0.05) is 23.5 Å². The number of rotatable bonds is 7.